The standard InChI is InChI=1S/C17H19NO2/c18-16-12-20-17-11-14(8-9-15(16)17)19-10-4-7-13-5-2-1-3-6-13/h1-3,5-6,8-9,11,16H,4,7,10,12,18H2. The molecule has 0 aromatic heterocycles. The fourth-order valence-electron chi connectivity index (χ4n) is 2.42. The quantitative estimate of drug-likeness (QED) is 0.848. The lowest BCUT2D eigenvalue weighted by Gasteiger charge is -2.08. The molecule has 0 bridgehead atoms. The lowest BCUT2D eigenvalue weighted by atomic mass is 10.1. The maximum absolute atomic E-state index is 5.92. The predicted molar refractivity (Wildman–Crippen MR) is 79.1 cm³/mol. The van der Waals surface area contributed by atoms with Crippen LogP contribution in [0.3, 0.4) is 0 Å². The van der Waals surface area contributed by atoms with Gasteiger partial charge in [0.15, 0.2) is 0 Å². The molecule has 1 unspecified atom stereocenters. The first kappa shape index (κ1) is 13.0. The highest BCUT2D eigenvalue weighted by Crippen LogP contribution is 2.33. The summed E-state index contributed by atoms with van der Waals surface area (Å²) in [6.45, 7) is 1.27. The van der Waals surface area contributed by atoms with Gasteiger partial charge < -0.3 is 15.2 Å². The van der Waals surface area contributed by atoms with Gasteiger partial charge in [-0.1, -0.05) is 30.3 Å². The van der Waals surface area contributed by atoms with Crippen LogP contribution in [0.5, 0.6) is 11.5 Å². The zero-order valence-electron chi connectivity index (χ0n) is 11.4. The lowest BCUT2D eigenvalue weighted by molar-refractivity contribution is 0.305. The van der Waals surface area contributed by atoms with Crippen LogP contribution >= 0.6 is 0 Å². The Morgan fingerprint density at radius 1 is 1.15 bits per heavy atom. The van der Waals surface area contributed by atoms with Crippen LogP contribution in [-0.2, 0) is 6.42 Å². The summed E-state index contributed by atoms with van der Waals surface area (Å²) >= 11 is 0. The molecule has 1 aliphatic rings. The molecule has 20 heavy (non-hydrogen) atoms. The van der Waals surface area contributed by atoms with Crippen molar-refractivity contribution in [3.63, 3.8) is 0 Å². The molecule has 0 aliphatic carbocycles. The first-order valence-corrected chi connectivity index (χ1v) is 7.02. The van der Waals surface area contributed by atoms with E-state index in [9.17, 15) is 0 Å². The van der Waals surface area contributed by atoms with Crippen LogP contribution in [0, 0.1) is 0 Å². The molecule has 0 saturated carbocycles. The number of nitrogens with two attached hydrogens (primary N) is 1. The Hall–Kier alpha value is -2.00. The normalized spacial score (nSPS) is 16.6. The van der Waals surface area contributed by atoms with E-state index in [1.54, 1.807) is 0 Å². The summed E-state index contributed by atoms with van der Waals surface area (Å²) in [5, 5.41) is 0. The number of fused-ring (bicyclic) bond motifs is 1. The van der Waals surface area contributed by atoms with Crippen LogP contribution in [0.15, 0.2) is 48.5 Å². The van der Waals surface area contributed by atoms with Crippen LogP contribution in [0.1, 0.15) is 23.6 Å². The van der Waals surface area contributed by atoms with Gasteiger partial charge in [-0.15, -0.1) is 0 Å². The SMILES string of the molecule is NC1COc2cc(OCCCc3ccccc3)ccc21. The van der Waals surface area contributed by atoms with E-state index in [1.165, 1.54) is 5.56 Å². The van der Waals surface area contributed by atoms with Gasteiger partial charge in [-0.2, -0.15) is 0 Å². The maximum Gasteiger partial charge on any atom is 0.127 e. The van der Waals surface area contributed by atoms with Crippen LogP contribution in [-0.4, -0.2) is 13.2 Å². The number of rotatable bonds is 5. The summed E-state index contributed by atoms with van der Waals surface area (Å²) in [4.78, 5) is 0. The van der Waals surface area contributed by atoms with Crippen molar-refractivity contribution in [3.05, 3.63) is 59.7 Å². The molecule has 0 radical (unpaired) electrons. The van der Waals surface area contributed by atoms with E-state index in [0.29, 0.717) is 13.2 Å². The van der Waals surface area contributed by atoms with Crippen LogP contribution in [0.25, 0.3) is 0 Å². The molecule has 3 nitrogen and oxygen atoms in total. The van der Waals surface area contributed by atoms with E-state index in [0.717, 1.165) is 29.9 Å². The first-order valence-electron chi connectivity index (χ1n) is 7.02. The second-order valence-electron chi connectivity index (χ2n) is 5.05. The molecule has 3 heteroatoms. The molecule has 3 rings (SSSR count). The van der Waals surface area contributed by atoms with Gasteiger partial charge in [-0.3, -0.25) is 0 Å². The average molecular weight is 269 g/mol. The Bertz CT molecular complexity index is 568. The van der Waals surface area contributed by atoms with Crippen molar-refractivity contribution in [3.8, 4) is 11.5 Å². The van der Waals surface area contributed by atoms with Crippen molar-refractivity contribution in [2.24, 2.45) is 5.73 Å². The highest BCUT2D eigenvalue weighted by atomic mass is 16.5. The third-order valence-electron chi connectivity index (χ3n) is 3.52. The minimum Gasteiger partial charge on any atom is -0.493 e. The Morgan fingerprint density at radius 3 is 2.85 bits per heavy atom. The summed E-state index contributed by atoms with van der Waals surface area (Å²) in [7, 11) is 0. The number of aryl methyl sites for hydroxylation is 1. The minimum absolute atomic E-state index is 0.00266. The van der Waals surface area contributed by atoms with E-state index in [-0.39, 0.29) is 6.04 Å². The van der Waals surface area contributed by atoms with Crippen molar-refractivity contribution in [1.29, 1.82) is 0 Å². The van der Waals surface area contributed by atoms with Gasteiger partial charge in [-0.25, -0.2) is 0 Å². The maximum atomic E-state index is 5.92. The molecule has 0 amide bonds. The molecule has 2 N–H and O–H groups in total. The highest BCUT2D eigenvalue weighted by Gasteiger charge is 2.20. The van der Waals surface area contributed by atoms with Crippen molar-refractivity contribution in [2.75, 3.05) is 13.2 Å². The largest absolute Gasteiger partial charge is 0.493 e. The minimum atomic E-state index is -0.00266. The monoisotopic (exact) mass is 269 g/mol. The fourth-order valence-corrected chi connectivity index (χ4v) is 2.42. The van der Waals surface area contributed by atoms with E-state index >= 15 is 0 Å². The van der Waals surface area contributed by atoms with Crippen LogP contribution < -0.4 is 15.2 Å². The summed E-state index contributed by atoms with van der Waals surface area (Å²) in [6.07, 6.45) is 2.04. The third-order valence-corrected chi connectivity index (χ3v) is 3.52. The molecule has 1 heterocycles. The molecule has 104 valence electrons. The summed E-state index contributed by atoms with van der Waals surface area (Å²) < 4.78 is 11.3. The highest BCUT2D eigenvalue weighted by molar-refractivity contribution is 5.44. The summed E-state index contributed by atoms with van der Waals surface area (Å²) in [5.41, 5.74) is 8.33. The zero-order valence-corrected chi connectivity index (χ0v) is 11.4. The Kier molecular flexibility index (Phi) is 3.88. The van der Waals surface area contributed by atoms with E-state index in [2.05, 4.69) is 24.3 Å². The molecule has 2 aromatic rings. The number of benzene rings is 2. The van der Waals surface area contributed by atoms with Gasteiger partial charge >= 0.3 is 0 Å². The molecular formula is C17H19NO2. The second kappa shape index (κ2) is 5.97. The van der Waals surface area contributed by atoms with E-state index < -0.39 is 0 Å². The summed E-state index contributed by atoms with van der Waals surface area (Å²) in [5.74, 6) is 1.71. The van der Waals surface area contributed by atoms with Crippen molar-refractivity contribution in [1.82, 2.24) is 0 Å². The van der Waals surface area contributed by atoms with Crippen LogP contribution in [0.4, 0.5) is 0 Å². The number of ether oxygens (including phenoxy) is 2. The summed E-state index contributed by atoms with van der Waals surface area (Å²) in [6, 6.07) is 16.4. The molecule has 0 saturated heterocycles. The van der Waals surface area contributed by atoms with Gasteiger partial charge in [0.25, 0.3) is 0 Å². The first-order chi connectivity index (χ1) is 9.83. The molecule has 2 aromatic carbocycles. The van der Waals surface area contributed by atoms with Gasteiger partial charge in [0, 0.05) is 11.6 Å². The zero-order chi connectivity index (χ0) is 13.8. The smallest absolute Gasteiger partial charge is 0.127 e. The van der Waals surface area contributed by atoms with Gasteiger partial charge in [0.1, 0.15) is 18.1 Å². The Morgan fingerprint density at radius 2 is 2.00 bits per heavy atom. The van der Waals surface area contributed by atoms with E-state index in [4.69, 9.17) is 15.2 Å². The fraction of sp³-hybridized carbons (Fsp3) is 0.294. The third kappa shape index (κ3) is 2.94. The molecule has 0 spiro atoms. The number of hydrogen-bond donors (Lipinski definition) is 1. The topological polar surface area (TPSA) is 44.5 Å². The number of hydrogen-bond acceptors (Lipinski definition) is 3. The Balaban J connectivity index is 1.50. The second-order valence-corrected chi connectivity index (χ2v) is 5.05. The van der Waals surface area contributed by atoms with Gasteiger partial charge in [0.2, 0.25) is 0 Å². The average Bonchev–Trinajstić information content (AvgIpc) is 2.86. The Labute approximate surface area is 119 Å². The van der Waals surface area contributed by atoms with Crippen molar-refractivity contribution < 1.29 is 9.47 Å². The molecule has 1 aliphatic heterocycles. The van der Waals surface area contributed by atoms with Gasteiger partial charge in [-0.05, 0) is 30.5 Å². The molecule has 1 atom stereocenters. The van der Waals surface area contributed by atoms with Crippen molar-refractivity contribution in [2.45, 2.75) is 18.9 Å². The predicted octanol–water partition coefficient (Wildman–Crippen LogP) is 3.09. The van der Waals surface area contributed by atoms with Gasteiger partial charge in [0.05, 0.1) is 12.6 Å². The van der Waals surface area contributed by atoms with Crippen LogP contribution in [0.2, 0.25) is 0 Å². The lowest BCUT2D eigenvalue weighted by Crippen LogP contribution is -2.10. The molecular weight excluding hydrogens is 250 g/mol. The van der Waals surface area contributed by atoms with Crippen molar-refractivity contribution >= 4 is 0 Å². The molecule has 0 fully saturated rings. The van der Waals surface area contributed by atoms with E-state index in [1.807, 2.05) is 24.3 Å².